The van der Waals surface area contributed by atoms with Crippen molar-refractivity contribution in [3.8, 4) is 0 Å². The zero-order valence-electron chi connectivity index (χ0n) is 8.01. The largest absolute Gasteiger partial charge is 0.480 e. The predicted octanol–water partition coefficient (Wildman–Crippen LogP) is 2.80. The molecule has 1 rings (SSSR count). The normalized spacial score (nSPS) is 12.2. The third-order valence-electron chi connectivity index (χ3n) is 1.82. The summed E-state index contributed by atoms with van der Waals surface area (Å²) in [4.78, 5) is 10.5. The van der Waals surface area contributed by atoms with E-state index >= 15 is 0 Å². The molecule has 0 saturated carbocycles. The average molecular weight is 417 g/mol. The highest BCUT2D eigenvalue weighted by Crippen LogP contribution is 2.34. The van der Waals surface area contributed by atoms with Crippen molar-refractivity contribution in [1.29, 1.82) is 0 Å². The molecule has 0 aromatic heterocycles. The van der Waals surface area contributed by atoms with Crippen LogP contribution in [-0.2, 0) is 4.79 Å². The number of halogens is 3. The Morgan fingerprint density at radius 3 is 2.31 bits per heavy atom. The summed E-state index contributed by atoms with van der Waals surface area (Å²) in [5, 5.41) is 11.6. The number of hydrogen-bond donors (Lipinski definition) is 3. The summed E-state index contributed by atoms with van der Waals surface area (Å²) >= 11 is 10.1. The summed E-state index contributed by atoms with van der Waals surface area (Å²) in [7, 11) is 0. The minimum Gasteiger partial charge on any atom is -0.480 e. The van der Waals surface area contributed by atoms with E-state index in [2.05, 4.69) is 53.1 Å². The first-order valence-electron chi connectivity index (χ1n) is 4.28. The van der Waals surface area contributed by atoms with E-state index in [1.54, 1.807) is 0 Å². The maximum atomic E-state index is 10.5. The molecule has 1 aromatic rings. The van der Waals surface area contributed by atoms with Crippen LogP contribution >= 0.6 is 47.8 Å². The number of nitrogens with one attached hydrogen (secondary N) is 1. The van der Waals surface area contributed by atoms with Gasteiger partial charge in [0.25, 0.3) is 0 Å². The van der Waals surface area contributed by atoms with Crippen molar-refractivity contribution in [2.45, 2.75) is 6.04 Å². The van der Waals surface area contributed by atoms with E-state index < -0.39 is 12.0 Å². The smallest absolute Gasteiger partial charge is 0.322 e. The van der Waals surface area contributed by atoms with E-state index in [1.165, 1.54) is 0 Å². The van der Waals surface area contributed by atoms with Gasteiger partial charge in [-0.1, -0.05) is 15.9 Å². The van der Waals surface area contributed by atoms with Crippen LogP contribution in [0.3, 0.4) is 0 Å². The van der Waals surface area contributed by atoms with Crippen LogP contribution < -0.4 is 11.1 Å². The van der Waals surface area contributed by atoms with Crippen LogP contribution in [-0.4, -0.2) is 23.7 Å². The summed E-state index contributed by atoms with van der Waals surface area (Å²) < 4.78 is 2.57. The highest BCUT2D eigenvalue weighted by atomic mass is 79.9. The van der Waals surface area contributed by atoms with Gasteiger partial charge in [0.15, 0.2) is 0 Å². The number of benzene rings is 1. The molecule has 0 bridgehead atoms. The van der Waals surface area contributed by atoms with Crippen LogP contribution in [0, 0.1) is 0 Å². The van der Waals surface area contributed by atoms with Crippen LogP contribution in [0.25, 0.3) is 0 Å². The summed E-state index contributed by atoms with van der Waals surface area (Å²) in [6, 6.07) is 2.79. The van der Waals surface area contributed by atoms with E-state index in [-0.39, 0.29) is 6.54 Å². The molecule has 0 spiro atoms. The summed E-state index contributed by atoms with van der Waals surface area (Å²) in [6.45, 7) is 0.161. The Labute approximate surface area is 118 Å². The lowest BCUT2D eigenvalue weighted by Crippen LogP contribution is -2.37. The Kier molecular flexibility index (Phi) is 5.23. The van der Waals surface area contributed by atoms with Gasteiger partial charge in [0, 0.05) is 20.0 Å². The molecule has 0 radical (unpaired) electrons. The maximum absolute atomic E-state index is 10.5. The van der Waals surface area contributed by atoms with Gasteiger partial charge >= 0.3 is 5.97 Å². The monoisotopic (exact) mass is 414 g/mol. The lowest BCUT2D eigenvalue weighted by Gasteiger charge is -2.13. The maximum Gasteiger partial charge on any atom is 0.322 e. The molecule has 0 fully saturated rings. The Hall–Kier alpha value is -0.110. The molecule has 4 N–H and O–H groups in total. The number of nitrogens with two attached hydrogens (primary N) is 1. The highest BCUT2D eigenvalue weighted by molar-refractivity contribution is 9.11. The van der Waals surface area contributed by atoms with Crippen molar-refractivity contribution in [1.82, 2.24) is 0 Å². The minimum absolute atomic E-state index is 0.161. The Bertz CT molecular complexity index is 389. The Morgan fingerprint density at radius 2 is 1.88 bits per heavy atom. The molecule has 16 heavy (non-hydrogen) atoms. The SMILES string of the molecule is NC(CNc1c(Br)cc(Br)cc1Br)C(=O)O. The second kappa shape index (κ2) is 6.00. The number of carboxylic acid groups (broad SMARTS) is 1. The van der Waals surface area contributed by atoms with Gasteiger partial charge in [-0.15, -0.1) is 0 Å². The molecular formula is C9H9Br3N2O2. The van der Waals surface area contributed by atoms with Gasteiger partial charge in [0.2, 0.25) is 0 Å². The van der Waals surface area contributed by atoms with Crippen molar-refractivity contribution in [3.63, 3.8) is 0 Å². The number of carboxylic acids is 1. The van der Waals surface area contributed by atoms with Gasteiger partial charge in [-0.3, -0.25) is 4.79 Å². The van der Waals surface area contributed by atoms with Gasteiger partial charge in [0.05, 0.1) is 5.69 Å². The van der Waals surface area contributed by atoms with Gasteiger partial charge in [-0.05, 0) is 44.0 Å². The van der Waals surface area contributed by atoms with Crippen molar-refractivity contribution >= 4 is 59.4 Å². The Morgan fingerprint density at radius 1 is 1.38 bits per heavy atom. The number of anilines is 1. The molecule has 0 aliphatic carbocycles. The molecule has 0 saturated heterocycles. The minimum atomic E-state index is -1.03. The zero-order valence-corrected chi connectivity index (χ0v) is 12.8. The summed E-state index contributed by atoms with van der Waals surface area (Å²) in [6.07, 6.45) is 0. The predicted molar refractivity (Wildman–Crippen MR) is 73.6 cm³/mol. The summed E-state index contributed by atoms with van der Waals surface area (Å²) in [5.41, 5.74) is 6.17. The van der Waals surface area contributed by atoms with Crippen molar-refractivity contribution in [2.24, 2.45) is 5.73 Å². The molecule has 88 valence electrons. The molecule has 0 aliphatic heterocycles. The molecule has 0 heterocycles. The quantitative estimate of drug-likeness (QED) is 0.705. The first-order chi connectivity index (χ1) is 7.41. The van der Waals surface area contributed by atoms with E-state index in [4.69, 9.17) is 10.8 Å². The molecule has 1 unspecified atom stereocenters. The molecule has 0 aliphatic rings. The fraction of sp³-hybridized carbons (Fsp3) is 0.222. The second-order valence-corrected chi connectivity index (χ2v) is 5.69. The molecule has 0 amide bonds. The average Bonchev–Trinajstić information content (AvgIpc) is 2.15. The lowest BCUT2D eigenvalue weighted by atomic mass is 10.3. The molecule has 4 nitrogen and oxygen atoms in total. The topological polar surface area (TPSA) is 75.3 Å². The number of rotatable bonds is 4. The van der Waals surface area contributed by atoms with Crippen LogP contribution in [0.2, 0.25) is 0 Å². The van der Waals surface area contributed by atoms with Gasteiger partial charge in [-0.25, -0.2) is 0 Å². The number of carbonyl (C=O) groups is 1. The fourth-order valence-corrected chi connectivity index (χ4v) is 3.55. The van der Waals surface area contributed by atoms with E-state index in [1.807, 2.05) is 12.1 Å². The van der Waals surface area contributed by atoms with Crippen LogP contribution in [0.4, 0.5) is 5.69 Å². The Balaban J connectivity index is 2.78. The third kappa shape index (κ3) is 3.73. The van der Waals surface area contributed by atoms with Gasteiger partial charge in [-0.2, -0.15) is 0 Å². The number of aliphatic carboxylic acids is 1. The molecule has 7 heteroatoms. The van der Waals surface area contributed by atoms with Crippen LogP contribution in [0.1, 0.15) is 0 Å². The lowest BCUT2D eigenvalue weighted by molar-refractivity contribution is -0.138. The zero-order chi connectivity index (χ0) is 12.3. The van der Waals surface area contributed by atoms with Crippen molar-refractivity contribution < 1.29 is 9.90 Å². The van der Waals surface area contributed by atoms with Crippen LogP contribution in [0.5, 0.6) is 0 Å². The standard InChI is InChI=1S/C9H9Br3N2O2/c10-4-1-5(11)8(6(12)2-4)14-3-7(13)9(15)16/h1-2,7,14H,3,13H2,(H,15,16). The first-order valence-corrected chi connectivity index (χ1v) is 6.66. The van der Waals surface area contributed by atoms with Crippen molar-refractivity contribution in [3.05, 3.63) is 25.6 Å². The number of hydrogen-bond acceptors (Lipinski definition) is 3. The molecule has 1 aromatic carbocycles. The van der Waals surface area contributed by atoms with Gasteiger partial charge < -0.3 is 16.2 Å². The van der Waals surface area contributed by atoms with Crippen molar-refractivity contribution in [2.75, 3.05) is 11.9 Å². The van der Waals surface area contributed by atoms with Crippen LogP contribution in [0.15, 0.2) is 25.6 Å². The van der Waals surface area contributed by atoms with E-state index in [0.717, 1.165) is 19.1 Å². The third-order valence-corrected chi connectivity index (χ3v) is 3.53. The molecule has 1 atom stereocenters. The van der Waals surface area contributed by atoms with Gasteiger partial charge in [0.1, 0.15) is 6.04 Å². The highest BCUT2D eigenvalue weighted by Gasteiger charge is 2.13. The first kappa shape index (κ1) is 14.0. The molecular weight excluding hydrogens is 408 g/mol. The second-order valence-electron chi connectivity index (χ2n) is 3.07. The van der Waals surface area contributed by atoms with E-state index in [0.29, 0.717) is 0 Å². The summed E-state index contributed by atoms with van der Waals surface area (Å²) in [5.74, 6) is -1.03. The van der Waals surface area contributed by atoms with E-state index in [9.17, 15) is 4.79 Å². The fourth-order valence-electron chi connectivity index (χ4n) is 1.01.